The standard InChI is InChI=1S/C20H20N6O3S/c1-22-13-3-4-14(23-8-13)16(27)24-15-10-30-17(25-15)20-11-29-19(5-2-6-19)7-12(20)9-28-18(21)26-20/h3-4,8,10,12H,2,5-7,9,11H2,(H2,21,26)(H,24,27)/t12-,20-/m0/s1. The molecule has 2 aromatic rings. The minimum atomic E-state index is -0.688. The van der Waals surface area contributed by atoms with Gasteiger partial charge >= 0.3 is 0 Å². The molecule has 0 unspecified atom stereocenters. The number of nitrogens with zero attached hydrogens (tertiary/aromatic N) is 4. The van der Waals surface area contributed by atoms with E-state index in [0.29, 0.717) is 24.7 Å². The molecule has 10 heteroatoms. The molecule has 30 heavy (non-hydrogen) atoms. The molecular weight excluding hydrogens is 404 g/mol. The molecular formula is C20H20N6O3S. The molecule has 1 spiro atoms. The summed E-state index contributed by atoms with van der Waals surface area (Å²) in [6.45, 7) is 7.86. The smallest absolute Gasteiger partial charge is 0.282 e. The fourth-order valence-corrected chi connectivity index (χ4v) is 5.25. The summed E-state index contributed by atoms with van der Waals surface area (Å²) >= 11 is 1.42. The minimum absolute atomic E-state index is 0.0589. The molecule has 9 nitrogen and oxygen atoms in total. The van der Waals surface area contributed by atoms with Crippen molar-refractivity contribution >= 4 is 34.8 Å². The van der Waals surface area contributed by atoms with Crippen LogP contribution in [-0.4, -0.2) is 40.7 Å². The maximum Gasteiger partial charge on any atom is 0.282 e. The van der Waals surface area contributed by atoms with Crippen LogP contribution in [0.4, 0.5) is 11.5 Å². The van der Waals surface area contributed by atoms with Crippen molar-refractivity contribution < 1.29 is 14.3 Å². The molecule has 0 bridgehead atoms. The van der Waals surface area contributed by atoms with Crippen LogP contribution in [-0.2, 0) is 15.0 Å². The molecule has 3 N–H and O–H groups in total. The first-order chi connectivity index (χ1) is 14.5. The quantitative estimate of drug-likeness (QED) is 0.732. The van der Waals surface area contributed by atoms with Gasteiger partial charge in [0.05, 0.1) is 25.4 Å². The summed E-state index contributed by atoms with van der Waals surface area (Å²) in [5.74, 6) is 0.158. The van der Waals surface area contributed by atoms with Gasteiger partial charge in [-0.1, -0.05) is 6.07 Å². The Labute approximate surface area is 177 Å². The van der Waals surface area contributed by atoms with Crippen LogP contribution >= 0.6 is 11.3 Å². The fraction of sp³-hybridized carbons (Fsp3) is 0.450. The normalized spacial score (nSPS) is 26.5. The molecule has 2 aliphatic heterocycles. The molecule has 2 fully saturated rings. The van der Waals surface area contributed by atoms with Crippen LogP contribution in [0.1, 0.15) is 41.2 Å². The lowest BCUT2D eigenvalue weighted by Crippen LogP contribution is -2.58. The lowest BCUT2D eigenvalue weighted by atomic mass is 9.67. The summed E-state index contributed by atoms with van der Waals surface area (Å²) in [4.78, 5) is 29.1. The van der Waals surface area contributed by atoms with Crippen molar-refractivity contribution in [2.75, 3.05) is 18.5 Å². The van der Waals surface area contributed by atoms with Crippen LogP contribution < -0.4 is 11.1 Å². The molecule has 2 aromatic heterocycles. The van der Waals surface area contributed by atoms with Crippen molar-refractivity contribution in [2.45, 2.75) is 36.8 Å². The van der Waals surface area contributed by atoms with Crippen LogP contribution in [0.25, 0.3) is 4.85 Å². The van der Waals surface area contributed by atoms with E-state index in [1.165, 1.54) is 30.0 Å². The monoisotopic (exact) mass is 424 g/mol. The Kier molecular flexibility index (Phi) is 4.45. The average molecular weight is 424 g/mol. The van der Waals surface area contributed by atoms with Crippen LogP contribution in [0.2, 0.25) is 0 Å². The van der Waals surface area contributed by atoms with Gasteiger partial charge in [0.1, 0.15) is 22.1 Å². The molecule has 154 valence electrons. The van der Waals surface area contributed by atoms with Gasteiger partial charge in [-0.2, -0.15) is 0 Å². The van der Waals surface area contributed by atoms with Gasteiger partial charge in [-0.05, 0) is 31.7 Å². The van der Waals surface area contributed by atoms with Crippen molar-refractivity contribution in [3.8, 4) is 0 Å². The highest BCUT2D eigenvalue weighted by Gasteiger charge is 2.56. The number of hydrogen-bond donors (Lipinski definition) is 2. The number of pyridine rings is 1. The Balaban J connectivity index is 1.38. The number of carbonyl (C=O) groups is 1. The van der Waals surface area contributed by atoms with Crippen LogP contribution in [0.15, 0.2) is 28.7 Å². The van der Waals surface area contributed by atoms with Gasteiger partial charge in [0.2, 0.25) is 5.69 Å². The van der Waals surface area contributed by atoms with E-state index >= 15 is 0 Å². The van der Waals surface area contributed by atoms with Gasteiger partial charge in [-0.25, -0.2) is 14.8 Å². The van der Waals surface area contributed by atoms with Crippen LogP contribution in [0, 0.1) is 12.5 Å². The van der Waals surface area contributed by atoms with Crippen molar-refractivity contribution in [3.05, 3.63) is 45.8 Å². The highest BCUT2D eigenvalue weighted by molar-refractivity contribution is 7.10. The Morgan fingerprint density at radius 2 is 2.27 bits per heavy atom. The fourth-order valence-electron chi connectivity index (χ4n) is 4.29. The highest BCUT2D eigenvalue weighted by atomic mass is 32.1. The third-order valence-electron chi connectivity index (χ3n) is 6.12. The molecule has 5 rings (SSSR count). The van der Waals surface area contributed by atoms with Gasteiger partial charge in [-0.15, -0.1) is 11.3 Å². The van der Waals surface area contributed by atoms with Crippen LogP contribution in [0.5, 0.6) is 0 Å². The summed E-state index contributed by atoms with van der Waals surface area (Å²) in [7, 11) is 0. The molecule has 4 heterocycles. The summed E-state index contributed by atoms with van der Waals surface area (Å²) in [5.41, 5.74) is 5.76. The molecule has 0 aromatic carbocycles. The molecule has 1 saturated heterocycles. The topological polar surface area (TPSA) is 116 Å². The van der Waals surface area contributed by atoms with E-state index in [4.69, 9.17) is 21.8 Å². The predicted molar refractivity (Wildman–Crippen MR) is 110 cm³/mol. The number of amidine groups is 1. The molecule has 3 aliphatic rings. The number of carbonyl (C=O) groups excluding carboxylic acids is 1. The predicted octanol–water partition coefficient (Wildman–Crippen LogP) is 2.84. The summed E-state index contributed by atoms with van der Waals surface area (Å²) in [6.07, 6.45) is 5.55. The van der Waals surface area contributed by atoms with E-state index < -0.39 is 5.54 Å². The van der Waals surface area contributed by atoms with Gasteiger partial charge in [0.15, 0.2) is 0 Å². The largest absolute Gasteiger partial charge is 0.465 e. The first-order valence-electron chi connectivity index (χ1n) is 9.75. The number of rotatable bonds is 3. The highest BCUT2D eigenvalue weighted by Crippen LogP contribution is 2.53. The lowest BCUT2D eigenvalue weighted by Gasteiger charge is -2.53. The number of ether oxygens (including phenoxy) is 2. The lowest BCUT2D eigenvalue weighted by molar-refractivity contribution is -0.181. The maximum absolute atomic E-state index is 12.5. The SMILES string of the molecule is [C-]#[N+]c1ccc(C(=O)Nc2csc([C@]34COC5(CCC5)C[C@H]3COC(N)=N4)n2)nc1. The second kappa shape index (κ2) is 7.04. The third kappa shape index (κ3) is 3.11. The van der Waals surface area contributed by atoms with E-state index in [1.54, 1.807) is 11.4 Å². The maximum atomic E-state index is 12.5. The molecule has 1 saturated carbocycles. The number of anilines is 1. The Hall–Kier alpha value is -3.03. The number of nitrogens with two attached hydrogens (primary N) is 1. The number of nitrogens with one attached hydrogen (secondary N) is 1. The summed E-state index contributed by atoms with van der Waals surface area (Å²) < 4.78 is 11.8. The summed E-state index contributed by atoms with van der Waals surface area (Å²) in [5, 5.41) is 5.29. The van der Waals surface area contributed by atoms with Gasteiger partial charge in [-0.3, -0.25) is 9.78 Å². The van der Waals surface area contributed by atoms with Crippen molar-refractivity contribution in [2.24, 2.45) is 16.6 Å². The Bertz CT molecular complexity index is 1060. The van der Waals surface area contributed by atoms with E-state index in [0.717, 1.165) is 24.3 Å². The van der Waals surface area contributed by atoms with E-state index in [2.05, 4.69) is 25.1 Å². The number of hydrogen-bond acceptors (Lipinski definition) is 8. The zero-order valence-electron chi connectivity index (χ0n) is 16.1. The molecule has 2 atom stereocenters. The van der Waals surface area contributed by atoms with Gasteiger partial charge in [0.25, 0.3) is 11.9 Å². The van der Waals surface area contributed by atoms with E-state index in [9.17, 15) is 4.79 Å². The second-order valence-corrected chi connectivity index (χ2v) is 8.78. The number of fused-ring (bicyclic) bond motifs is 1. The Morgan fingerprint density at radius 3 is 2.97 bits per heavy atom. The Morgan fingerprint density at radius 1 is 1.40 bits per heavy atom. The van der Waals surface area contributed by atoms with Crippen molar-refractivity contribution in [1.82, 2.24) is 9.97 Å². The van der Waals surface area contributed by atoms with Crippen molar-refractivity contribution in [3.63, 3.8) is 0 Å². The van der Waals surface area contributed by atoms with E-state index in [-0.39, 0.29) is 29.1 Å². The average Bonchev–Trinajstić information content (AvgIpc) is 3.21. The van der Waals surface area contributed by atoms with E-state index in [1.807, 2.05) is 0 Å². The zero-order chi connectivity index (χ0) is 20.8. The molecule has 1 amide bonds. The number of amides is 1. The second-order valence-electron chi connectivity index (χ2n) is 7.92. The third-order valence-corrected chi connectivity index (χ3v) is 7.13. The molecule has 1 aliphatic carbocycles. The molecule has 0 radical (unpaired) electrons. The van der Waals surface area contributed by atoms with Crippen molar-refractivity contribution in [1.29, 1.82) is 0 Å². The zero-order valence-corrected chi connectivity index (χ0v) is 16.9. The number of thiazole rings is 1. The summed E-state index contributed by atoms with van der Waals surface area (Å²) in [6, 6.07) is 3.21. The first-order valence-corrected chi connectivity index (χ1v) is 10.6. The first kappa shape index (κ1) is 19.0. The number of aromatic nitrogens is 2. The van der Waals surface area contributed by atoms with Crippen LogP contribution in [0.3, 0.4) is 0 Å². The van der Waals surface area contributed by atoms with Gasteiger partial charge in [0, 0.05) is 17.5 Å². The van der Waals surface area contributed by atoms with Gasteiger partial charge < -0.3 is 20.5 Å². The minimum Gasteiger partial charge on any atom is -0.465 e. The number of aliphatic imine (C=N–C) groups is 1.